The lowest BCUT2D eigenvalue weighted by Gasteiger charge is -2.12. The Bertz CT molecular complexity index is 618. The van der Waals surface area contributed by atoms with Crippen molar-refractivity contribution in [2.75, 3.05) is 6.61 Å². The van der Waals surface area contributed by atoms with Crippen molar-refractivity contribution < 1.29 is 31.1 Å². The second-order valence-electron chi connectivity index (χ2n) is 5.25. The van der Waals surface area contributed by atoms with E-state index in [9.17, 15) is 4.79 Å². The summed E-state index contributed by atoms with van der Waals surface area (Å²) in [5.41, 5.74) is 3.80. The molecule has 2 rings (SSSR count). The minimum Gasteiger partial charge on any atom is -1.00 e. The van der Waals surface area contributed by atoms with Crippen molar-refractivity contribution in [1.82, 2.24) is 0 Å². The molecule has 0 saturated heterocycles. The van der Waals surface area contributed by atoms with Gasteiger partial charge in [0.15, 0.2) is 18.4 Å². The monoisotopic (exact) mass is 363 g/mol. The number of carbonyl (C=O) groups is 1. The van der Waals surface area contributed by atoms with Crippen molar-refractivity contribution in [2.24, 2.45) is 0 Å². The Balaban J connectivity index is 0.00000242. The summed E-state index contributed by atoms with van der Waals surface area (Å²) in [4.78, 5) is 12.0. The highest BCUT2D eigenvalue weighted by molar-refractivity contribution is 5.92. The van der Waals surface area contributed by atoms with Gasteiger partial charge in [-0.25, -0.2) is 4.79 Å². The molecule has 0 saturated carbocycles. The lowest BCUT2D eigenvalue weighted by atomic mass is 10.0. The topological polar surface area (TPSA) is 30.2 Å². The predicted molar refractivity (Wildman–Crippen MR) is 82.3 cm³/mol. The Morgan fingerprint density at radius 3 is 2.18 bits per heavy atom. The zero-order chi connectivity index (χ0) is 15.4. The van der Waals surface area contributed by atoms with Crippen LogP contribution >= 0.6 is 0 Å². The zero-order valence-electron chi connectivity index (χ0n) is 13.5. The number of carbonyl (C=O) groups excluding carboxylic acids is 1. The maximum atomic E-state index is 12.0. The molecule has 0 aliphatic heterocycles. The lowest BCUT2D eigenvalue weighted by molar-refractivity contribution is -0.711. The van der Waals surface area contributed by atoms with E-state index >= 15 is 0 Å². The number of esters is 1. The van der Waals surface area contributed by atoms with E-state index in [1.54, 1.807) is 0 Å². The van der Waals surface area contributed by atoms with Gasteiger partial charge in [-0.3, -0.25) is 0 Å². The van der Waals surface area contributed by atoms with Gasteiger partial charge in [0, 0.05) is 23.6 Å². The van der Waals surface area contributed by atoms with Crippen LogP contribution in [0.3, 0.4) is 0 Å². The normalized spacial score (nSPS) is 11.5. The van der Waals surface area contributed by atoms with Gasteiger partial charge < -0.3 is 21.7 Å². The summed E-state index contributed by atoms with van der Waals surface area (Å²) in [7, 11) is 0. The van der Waals surface area contributed by atoms with E-state index in [1.165, 1.54) is 5.56 Å². The zero-order valence-corrected chi connectivity index (χ0v) is 15.1. The highest BCUT2D eigenvalue weighted by Gasteiger charge is 2.21. The fraction of sp³-hybridized carbons (Fsp3) is 0.333. The van der Waals surface area contributed by atoms with E-state index in [-0.39, 0.29) is 29.0 Å². The highest BCUT2D eigenvalue weighted by Crippen LogP contribution is 2.16. The third-order valence-corrected chi connectivity index (χ3v) is 3.68. The molecular formula is C18H22BrNO2. The summed E-state index contributed by atoms with van der Waals surface area (Å²) in [6, 6.07) is 10.5. The number of rotatable bonds is 4. The molecule has 0 aliphatic carbocycles. The van der Waals surface area contributed by atoms with Crippen LogP contribution in [-0.2, 0) is 4.74 Å². The van der Waals surface area contributed by atoms with Crippen molar-refractivity contribution in [1.29, 1.82) is 0 Å². The molecule has 1 unspecified atom stereocenters. The Kier molecular flexibility index (Phi) is 6.75. The van der Waals surface area contributed by atoms with E-state index in [1.807, 2.05) is 51.4 Å². The Morgan fingerprint density at radius 2 is 1.68 bits per heavy atom. The van der Waals surface area contributed by atoms with Crippen LogP contribution < -0.4 is 21.5 Å². The summed E-state index contributed by atoms with van der Waals surface area (Å²) in [5.74, 6) is -0.244. The number of pyridine rings is 1. The number of nitrogens with zero attached hydrogens (tertiary/aromatic N) is 1. The first-order chi connectivity index (χ1) is 10.0. The van der Waals surface area contributed by atoms with Crippen molar-refractivity contribution in [3.8, 4) is 0 Å². The number of aryl methyl sites for hydroxylation is 2. The van der Waals surface area contributed by atoms with Gasteiger partial charge in [0.1, 0.15) is 0 Å². The number of benzene rings is 1. The molecular weight excluding hydrogens is 342 g/mol. The standard InChI is InChI=1S/C18H22NO2.BrH/c1-5-21-18(20)17-13(2)11-19(12-14(17)3)15(4)16-9-7-6-8-10-16;/h6-12,15H,5H2,1-4H3;1H/q+1;/p-1. The van der Waals surface area contributed by atoms with Crippen LogP contribution in [0.25, 0.3) is 0 Å². The van der Waals surface area contributed by atoms with Gasteiger partial charge >= 0.3 is 5.97 Å². The number of aromatic nitrogens is 1. The molecule has 118 valence electrons. The first-order valence-corrected chi connectivity index (χ1v) is 7.28. The summed E-state index contributed by atoms with van der Waals surface area (Å²) >= 11 is 0. The second kappa shape index (κ2) is 8.08. The van der Waals surface area contributed by atoms with Gasteiger partial charge in [0.2, 0.25) is 0 Å². The molecule has 1 heterocycles. The van der Waals surface area contributed by atoms with E-state index in [0.717, 1.165) is 11.1 Å². The second-order valence-corrected chi connectivity index (χ2v) is 5.25. The van der Waals surface area contributed by atoms with Crippen LogP contribution in [0.4, 0.5) is 0 Å². The third kappa shape index (κ3) is 3.95. The number of ether oxygens (including phenoxy) is 1. The van der Waals surface area contributed by atoms with Gasteiger partial charge in [0.25, 0.3) is 0 Å². The molecule has 0 radical (unpaired) electrons. The number of hydrogen-bond donors (Lipinski definition) is 0. The van der Waals surface area contributed by atoms with Crippen molar-refractivity contribution >= 4 is 5.97 Å². The molecule has 0 N–H and O–H groups in total. The number of halogens is 1. The molecule has 4 heteroatoms. The van der Waals surface area contributed by atoms with Crippen LogP contribution in [0, 0.1) is 13.8 Å². The number of hydrogen-bond acceptors (Lipinski definition) is 2. The van der Waals surface area contributed by atoms with Crippen LogP contribution in [0.2, 0.25) is 0 Å². The average Bonchev–Trinajstić information content (AvgIpc) is 2.47. The SMILES string of the molecule is CCOC(=O)c1c(C)c[n+](C(C)c2ccccc2)cc1C.[Br-]. The van der Waals surface area contributed by atoms with Crippen molar-refractivity contribution in [2.45, 2.75) is 33.7 Å². The van der Waals surface area contributed by atoms with Gasteiger partial charge in [-0.2, -0.15) is 4.57 Å². The maximum Gasteiger partial charge on any atom is 0.339 e. The van der Waals surface area contributed by atoms with E-state index in [4.69, 9.17) is 4.74 Å². The summed E-state index contributed by atoms with van der Waals surface area (Å²) in [6.45, 7) is 8.27. The molecule has 0 spiro atoms. The molecule has 2 aromatic rings. The summed E-state index contributed by atoms with van der Waals surface area (Å²) < 4.78 is 7.27. The first-order valence-electron chi connectivity index (χ1n) is 7.28. The minimum absolute atomic E-state index is 0. The van der Waals surface area contributed by atoms with E-state index in [0.29, 0.717) is 12.2 Å². The van der Waals surface area contributed by atoms with E-state index in [2.05, 4.69) is 23.6 Å². The predicted octanol–water partition coefficient (Wildman–Crippen LogP) is 0.381. The summed E-state index contributed by atoms with van der Waals surface area (Å²) in [5, 5.41) is 0. The van der Waals surface area contributed by atoms with E-state index < -0.39 is 0 Å². The lowest BCUT2D eigenvalue weighted by Crippen LogP contribution is -3.00. The molecule has 1 aromatic carbocycles. The van der Waals surface area contributed by atoms with Gasteiger partial charge in [-0.05, 0) is 20.8 Å². The van der Waals surface area contributed by atoms with Gasteiger partial charge in [0.05, 0.1) is 12.2 Å². The first kappa shape index (κ1) is 18.4. The summed E-state index contributed by atoms with van der Waals surface area (Å²) in [6.07, 6.45) is 4.02. The fourth-order valence-electron chi connectivity index (χ4n) is 2.58. The van der Waals surface area contributed by atoms with Crippen LogP contribution in [0.5, 0.6) is 0 Å². The van der Waals surface area contributed by atoms with Crippen molar-refractivity contribution in [3.63, 3.8) is 0 Å². The third-order valence-electron chi connectivity index (χ3n) is 3.68. The Hall–Kier alpha value is -1.68. The van der Waals surface area contributed by atoms with Gasteiger partial charge in [-0.15, -0.1) is 0 Å². The molecule has 1 aromatic heterocycles. The van der Waals surface area contributed by atoms with Crippen LogP contribution in [-0.4, -0.2) is 12.6 Å². The van der Waals surface area contributed by atoms with Gasteiger partial charge in [-0.1, -0.05) is 30.3 Å². The fourth-order valence-corrected chi connectivity index (χ4v) is 2.58. The Labute approximate surface area is 142 Å². The largest absolute Gasteiger partial charge is 1.00 e. The van der Waals surface area contributed by atoms with Crippen LogP contribution in [0.15, 0.2) is 42.7 Å². The Morgan fingerprint density at radius 1 is 1.14 bits per heavy atom. The molecule has 0 amide bonds. The van der Waals surface area contributed by atoms with Crippen LogP contribution in [0.1, 0.15) is 46.9 Å². The molecule has 0 aliphatic rings. The smallest absolute Gasteiger partial charge is 0.339 e. The molecule has 22 heavy (non-hydrogen) atoms. The molecule has 1 atom stereocenters. The molecule has 3 nitrogen and oxygen atoms in total. The minimum atomic E-state index is -0.244. The highest BCUT2D eigenvalue weighted by atomic mass is 79.9. The maximum absolute atomic E-state index is 12.0. The molecule has 0 fully saturated rings. The quantitative estimate of drug-likeness (QED) is 0.580. The van der Waals surface area contributed by atoms with Crippen molar-refractivity contribution in [3.05, 3.63) is 65.0 Å². The average molecular weight is 364 g/mol. The molecule has 0 bridgehead atoms.